The van der Waals surface area contributed by atoms with Crippen molar-refractivity contribution in [3.63, 3.8) is 0 Å². The third-order valence-electron chi connectivity index (χ3n) is 2.79. The minimum atomic E-state index is -0.146. The Hall–Kier alpha value is -0.530. The Balaban J connectivity index is 2.24. The second-order valence-electron chi connectivity index (χ2n) is 3.82. The molecule has 1 saturated carbocycles. The van der Waals surface area contributed by atoms with Crippen LogP contribution in [0.5, 0.6) is 0 Å². The van der Waals surface area contributed by atoms with Crippen LogP contribution in [0, 0.1) is 11.8 Å². The molecule has 2 heteroatoms. The normalized spacial score (nSPS) is 29.8. The van der Waals surface area contributed by atoms with E-state index in [0.717, 1.165) is 5.92 Å². The number of hydrogen-bond acceptors (Lipinski definition) is 2. The first-order valence-corrected chi connectivity index (χ1v) is 4.83. The molecule has 0 aliphatic heterocycles. The average molecular weight is 170 g/mol. The zero-order valence-electron chi connectivity index (χ0n) is 8.01. The van der Waals surface area contributed by atoms with Crippen LogP contribution in [-0.2, 0) is 9.53 Å². The SMILES string of the molecule is CC(=O)OC[C@@H]1CCCC[C@@H]1C. The van der Waals surface area contributed by atoms with Crippen molar-refractivity contribution in [1.82, 2.24) is 0 Å². The highest BCUT2D eigenvalue weighted by Gasteiger charge is 2.21. The lowest BCUT2D eigenvalue weighted by molar-refractivity contribution is -0.143. The lowest BCUT2D eigenvalue weighted by Crippen LogP contribution is -2.22. The van der Waals surface area contributed by atoms with Crippen molar-refractivity contribution < 1.29 is 9.53 Å². The summed E-state index contributed by atoms with van der Waals surface area (Å²) in [5.41, 5.74) is 0. The molecule has 0 aromatic heterocycles. The maximum atomic E-state index is 10.6. The Morgan fingerprint density at radius 3 is 2.67 bits per heavy atom. The van der Waals surface area contributed by atoms with Gasteiger partial charge in [0.25, 0.3) is 0 Å². The standard InChI is InChI=1S/C10H18O2/c1-8-5-3-4-6-10(8)7-12-9(2)11/h8,10H,3-7H2,1-2H3/t8-,10-/m0/s1. The van der Waals surface area contributed by atoms with Gasteiger partial charge in [-0.25, -0.2) is 0 Å². The van der Waals surface area contributed by atoms with Crippen LogP contribution < -0.4 is 0 Å². The summed E-state index contributed by atoms with van der Waals surface area (Å²) < 4.78 is 5.01. The summed E-state index contributed by atoms with van der Waals surface area (Å²) >= 11 is 0. The summed E-state index contributed by atoms with van der Waals surface area (Å²) in [6.07, 6.45) is 5.17. The fourth-order valence-corrected chi connectivity index (χ4v) is 1.87. The van der Waals surface area contributed by atoms with Crippen molar-refractivity contribution in [2.45, 2.75) is 39.5 Å². The molecule has 0 saturated heterocycles. The molecular formula is C10H18O2. The predicted molar refractivity (Wildman–Crippen MR) is 47.8 cm³/mol. The average Bonchev–Trinajstić information content (AvgIpc) is 2.03. The summed E-state index contributed by atoms with van der Waals surface area (Å²) in [6.45, 7) is 4.37. The summed E-state index contributed by atoms with van der Waals surface area (Å²) in [4.78, 5) is 10.6. The van der Waals surface area contributed by atoms with Crippen molar-refractivity contribution in [3.8, 4) is 0 Å². The molecule has 0 aromatic carbocycles. The van der Waals surface area contributed by atoms with Crippen LogP contribution in [0.4, 0.5) is 0 Å². The topological polar surface area (TPSA) is 26.3 Å². The first kappa shape index (κ1) is 9.56. The Morgan fingerprint density at radius 2 is 2.08 bits per heavy atom. The third-order valence-corrected chi connectivity index (χ3v) is 2.79. The van der Waals surface area contributed by atoms with Crippen LogP contribution in [0.2, 0.25) is 0 Å². The molecule has 12 heavy (non-hydrogen) atoms. The maximum absolute atomic E-state index is 10.6. The van der Waals surface area contributed by atoms with E-state index in [-0.39, 0.29) is 5.97 Å². The fourth-order valence-electron chi connectivity index (χ4n) is 1.87. The summed E-state index contributed by atoms with van der Waals surface area (Å²) in [5.74, 6) is 1.20. The Labute approximate surface area is 74.3 Å². The monoisotopic (exact) mass is 170 g/mol. The van der Waals surface area contributed by atoms with Gasteiger partial charge >= 0.3 is 5.97 Å². The van der Waals surface area contributed by atoms with Crippen LogP contribution in [0.1, 0.15) is 39.5 Å². The quantitative estimate of drug-likeness (QED) is 0.595. The molecule has 1 aliphatic rings. The van der Waals surface area contributed by atoms with Gasteiger partial charge in [-0.05, 0) is 18.3 Å². The number of rotatable bonds is 2. The van der Waals surface area contributed by atoms with E-state index in [1.54, 1.807) is 0 Å². The summed E-state index contributed by atoms with van der Waals surface area (Å²) in [5, 5.41) is 0. The van der Waals surface area contributed by atoms with Gasteiger partial charge in [0.2, 0.25) is 0 Å². The molecule has 1 rings (SSSR count). The Morgan fingerprint density at radius 1 is 1.42 bits per heavy atom. The van der Waals surface area contributed by atoms with Crippen molar-refractivity contribution in [1.29, 1.82) is 0 Å². The van der Waals surface area contributed by atoms with Crippen LogP contribution >= 0.6 is 0 Å². The maximum Gasteiger partial charge on any atom is 0.302 e. The van der Waals surface area contributed by atoms with Gasteiger partial charge in [0.05, 0.1) is 6.61 Å². The lowest BCUT2D eigenvalue weighted by atomic mass is 9.81. The van der Waals surface area contributed by atoms with E-state index in [0.29, 0.717) is 12.5 Å². The van der Waals surface area contributed by atoms with Crippen molar-refractivity contribution in [3.05, 3.63) is 0 Å². The molecule has 0 N–H and O–H groups in total. The highest BCUT2D eigenvalue weighted by molar-refractivity contribution is 5.65. The van der Waals surface area contributed by atoms with E-state index >= 15 is 0 Å². The van der Waals surface area contributed by atoms with E-state index in [1.807, 2.05) is 0 Å². The van der Waals surface area contributed by atoms with Gasteiger partial charge in [-0.2, -0.15) is 0 Å². The molecule has 0 amide bonds. The van der Waals surface area contributed by atoms with E-state index in [1.165, 1.54) is 32.6 Å². The molecule has 0 heterocycles. The molecule has 0 spiro atoms. The lowest BCUT2D eigenvalue weighted by Gasteiger charge is -2.27. The zero-order chi connectivity index (χ0) is 8.97. The first-order chi connectivity index (χ1) is 5.70. The van der Waals surface area contributed by atoms with Gasteiger partial charge in [-0.1, -0.05) is 26.2 Å². The predicted octanol–water partition coefficient (Wildman–Crippen LogP) is 2.38. The number of ether oxygens (including phenoxy) is 1. The third kappa shape index (κ3) is 2.84. The molecule has 0 radical (unpaired) electrons. The molecule has 0 unspecified atom stereocenters. The van der Waals surface area contributed by atoms with E-state index in [2.05, 4.69) is 6.92 Å². The molecular weight excluding hydrogens is 152 g/mol. The van der Waals surface area contributed by atoms with E-state index < -0.39 is 0 Å². The number of esters is 1. The summed E-state index contributed by atoms with van der Waals surface area (Å²) in [6, 6.07) is 0. The van der Waals surface area contributed by atoms with Crippen LogP contribution in [0.3, 0.4) is 0 Å². The highest BCUT2D eigenvalue weighted by atomic mass is 16.5. The van der Waals surface area contributed by atoms with Crippen molar-refractivity contribution >= 4 is 5.97 Å². The molecule has 70 valence electrons. The second-order valence-corrected chi connectivity index (χ2v) is 3.82. The smallest absolute Gasteiger partial charge is 0.302 e. The Bertz CT molecular complexity index is 154. The van der Waals surface area contributed by atoms with Gasteiger partial charge in [0, 0.05) is 6.92 Å². The molecule has 0 aromatic rings. The second kappa shape index (κ2) is 4.48. The van der Waals surface area contributed by atoms with Crippen LogP contribution in [0.15, 0.2) is 0 Å². The van der Waals surface area contributed by atoms with Crippen molar-refractivity contribution in [2.75, 3.05) is 6.61 Å². The number of hydrogen-bond donors (Lipinski definition) is 0. The van der Waals surface area contributed by atoms with Gasteiger partial charge in [-0.3, -0.25) is 4.79 Å². The summed E-state index contributed by atoms with van der Waals surface area (Å²) in [7, 11) is 0. The number of carbonyl (C=O) groups excluding carboxylic acids is 1. The first-order valence-electron chi connectivity index (χ1n) is 4.83. The van der Waals surface area contributed by atoms with Gasteiger partial charge in [-0.15, -0.1) is 0 Å². The van der Waals surface area contributed by atoms with Gasteiger partial charge < -0.3 is 4.74 Å². The minimum absolute atomic E-state index is 0.146. The molecule has 1 aliphatic carbocycles. The molecule has 2 nitrogen and oxygen atoms in total. The van der Waals surface area contributed by atoms with E-state index in [4.69, 9.17) is 4.74 Å². The molecule has 0 bridgehead atoms. The zero-order valence-corrected chi connectivity index (χ0v) is 8.01. The molecule has 2 atom stereocenters. The minimum Gasteiger partial charge on any atom is -0.466 e. The van der Waals surface area contributed by atoms with Gasteiger partial charge in [0.15, 0.2) is 0 Å². The van der Waals surface area contributed by atoms with Gasteiger partial charge in [0.1, 0.15) is 0 Å². The highest BCUT2D eigenvalue weighted by Crippen LogP contribution is 2.29. The van der Waals surface area contributed by atoms with E-state index in [9.17, 15) is 4.79 Å². The van der Waals surface area contributed by atoms with Crippen molar-refractivity contribution in [2.24, 2.45) is 11.8 Å². The number of carbonyl (C=O) groups is 1. The fraction of sp³-hybridized carbons (Fsp3) is 0.900. The Kier molecular flexibility index (Phi) is 3.57. The van der Waals surface area contributed by atoms with Crippen LogP contribution in [-0.4, -0.2) is 12.6 Å². The molecule has 1 fully saturated rings. The largest absolute Gasteiger partial charge is 0.466 e. The van der Waals surface area contributed by atoms with Crippen LogP contribution in [0.25, 0.3) is 0 Å².